The highest BCUT2D eigenvalue weighted by molar-refractivity contribution is 4.86. The van der Waals surface area contributed by atoms with Crippen LogP contribution in [0, 0.1) is 0 Å². The van der Waals surface area contributed by atoms with Gasteiger partial charge in [-0.15, -0.1) is 0 Å². The molecule has 1 aliphatic rings. The Labute approximate surface area is 75.0 Å². The zero-order chi connectivity index (χ0) is 8.65. The Kier molecular flexibility index (Phi) is 5.04. The third kappa shape index (κ3) is 3.88. The first-order valence-electron chi connectivity index (χ1n) is 4.84. The van der Waals surface area contributed by atoms with Gasteiger partial charge >= 0.3 is 0 Å². The van der Waals surface area contributed by atoms with Crippen LogP contribution >= 0.6 is 0 Å². The first-order chi connectivity index (χ1) is 5.93. The fourth-order valence-electron chi connectivity index (χ4n) is 1.44. The molecular weight excluding hydrogens is 150 g/mol. The van der Waals surface area contributed by atoms with E-state index in [9.17, 15) is 0 Å². The molecule has 1 saturated heterocycles. The molecule has 1 aliphatic heterocycles. The van der Waals surface area contributed by atoms with Crippen LogP contribution in [0.15, 0.2) is 12.2 Å². The lowest BCUT2D eigenvalue weighted by atomic mass is 10.1. The third-order valence-corrected chi connectivity index (χ3v) is 2.16. The van der Waals surface area contributed by atoms with Gasteiger partial charge in [0, 0.05) is 13.2 Å². The van der Waals surface area contributed by atoms with Crippen molar-refractivity contribution in [3.63, 3.8) is 0 Å². The Morgan fingerprint density at radius 1 is 1.42 bits per heavy atom. The maximum Gasteiger partial charge on any atom is 0.0609 e. The van der Waals surface area contributed by atoms with E-state index in [1.54, 1.807) is 0 Å². The maximum absolute atomic E-state index is 5.59. The molecule has 0 bridgehead atoms. The van der Waals surface area contributed by atoms with Crippen LogP contribution in [0.5, 0.6) is 0 Å². The summed E-state index contributed by atoms with van der Waals surface area (Å²) in [6.07, 6.45) is 9.78. The lowest BCUT2D eigenvalue weighted by Crippen LogP contribution is -2.18. The molecule has 0 aromatic carbocycles. The van der Waals surface area contributed by atoms with Crippen molar-refractivity contribution in [2.24, 2.45) is 0 Å². The minimum atomic E-state index is 0.492. The van der Waals surface area contributed by atoms with Crippen molar-refractivity contribution < 1.29 is 4.74 Å². The summed E-state index contributed by atoms with van der Waals surface area (Å²) in [6, 6.07) is 0. The predicted octanol–water partition coefficient (Wildman–Crippen LogP) is 1.72. The van der Waals surface area contributed by atoms with Crippen LogP contribution in [0.2, 0.25) is 0 Å². The Hall–Kier alpha value is -0.340. The van der Waals surface area contributed by atoms with Gasteiger partial charge in [0.25, 0.3) is 0 Å². The standard InChI is InChI=1S/C10H19NO/c1-11-8-4-2-6-10-7-3-5-9-12-10/h2,4,10-11H,3,5-9H2,1H3/b4-2-. The molecule has 2 nitrogen and oxygen atoms in total. The van der Waals surface area contributed by atoms with Crippen LogP contribution in [-0.2, 0) is 4.74 Å². The van der Waals surface area contributed by atoms with E-state index in [0.717, 1.165) is 19.6 Å². The molecule has 1 atom stereocenters. The third-order valence-electron chi connectivity index (χ3n) is 2.16. The lowest BCUT2D eigenvalue weighted by Gasteiger charge is -2.20. The lowest BCUT2D eigenvalue weighted by molar-refractivity contribution is 0.0184. The van der Waals surface area contributed by atoms with Crippen molar-refractivity contribution in [1.82, 2.24) is 5.32 Å². The van der Waals surface area contributed by atoms with Gasteiger partial charge in [0.1, 0.15) is 0 Å². The molecule has 1 fully saturated rings. The number of likely N-dealkylation sites (N-methyl/N-ethyl adjacent to an activating group) is 1. The zero-order valence-electron chi connectivity index (χ0n) is 7.88. The number of hydrogen-bond acceptors (Lipinski definition) is 2. The normalized spacial score (nSPS) is 24.9. The highest BCUT2D eigenvalue weighted by Crippen LogP contribution is 2.15. The second kappa shape index (κ2) is 6.21. The van der Waals surface area contributed by atoms with E-state index in [1.165, 1.54) is 19.3 Å². The summed E-state index contributed by atoms with van der Waals surface area (Å²) in [7, 11) is 1.96. The molecule has 0 aromatic rings. The average molecular weight is 169 g/mol. The van der Waals surface area contributed by atoms with Gasteiger partial charge in [-0.05, 0) is 32.7 Å². The summed E-state index contributed by atoms with van der Waals surface area (Å²) in [6.45, 7) is 1.93. The van der Waals surface area contributed by atoms with Crippen LogP contribution < -0.4 is 5.32 Å². The molecule has 0 saturated carbocycles. The molecule has 70 valence electrons. The second-order valence-corrected chi connectivity index (χ2v) is 3.25. The van der Waals surface area contributed by atoms with E-state index >= 15 is 0 Å². The topological polar surface area (TPSA) is 21.3 Å². The van der Waals surface area contributed by atoms with Crippen molar-refractivity contribution in [2.75, 3.05) is 20.2 Å². The van der Waals surface area contributed by atoms with Crippen molar-refractivity contribution in [3.8, 4) is 0 Å². The minimum Gasteiger partial charge on any atom is -0.378 e. The minimum absolute atomic E-state index is 0.492. The number of nitrogens with one attached hydrogen (secondary N) is 1. The highest BCUT2D eigenvalue weighted by atomic mass is 16.5. The van der Waals surface area contributed by atoms with Gasteiger partial charge in [-0.3, -0.25) is 0 Å². The molecule has 0 amide bonds. The smallest absolute Gasteiger partial charge is 0.0609 e. The molecule has 0 spiro atoms. The van der Waals surface area contributed by atoms with E-state index in [4.69, 9.17) is 4.74 Å². The average Bonchev–Trinajstić information content (AvgIpc) is 2.14. The predicted molar refractivity (Wildman–Crippen MR) is 51.3 cm³/mol. The van der Waals surface area contributed by atoms with E-state index in [2.05, 4.69) is 17.5 Å². The van der Waals surface area contributed by atoms with Crippen molar-refractivity contribution in [2.45, 2.75) is 31.8 Å². The maximum atomic E-state index is 5.59. The van der Waals surface area contributed by atoms with Crippen LogP contribution in [0.1, 0.15) is 25.7 Å². The summed E-state index contributed by atoms with van der Waals surface area (Å²) < 4.78 is 5.59. The van der Waals surface area contributed by atoms with Gasteiger partial charge < -0.3 is 10.1 Å². The SMILES string of the molecule is CNC/C=C\CC1CCCCO1. The largest absolute Gasteiger partial charge is 0.378 e. The summed E-state index contributed by atoms with van der Waals surface area (Å²) in [5, 5.41) is 3.08. The molecular formula is C10H19NO. The highest BCUT2D eigenvalue weighted by Gasteiger charge is 2.10. The Morgan fingerprint density at radius 3 is 3.00 bits per heavy atom. The van der Waals surface area contributed by atoms with Crippen LogP contribution in [0.3, 0.4) is 0 Å². The molecule has 12 heavy (non-hydrogen) atoms. The van der Waals surface area contributed by atoms with Crippen LogP contribution in [0.25, 0.3) is 0 Å². The fraction of sp³-hybridized carbons (Fsp3) is 0.800. The number of hydrogen-bond donors (Lipinski definition) is 1. The molecule has 2 heteroatoms. The summed E-state index contributed by atoms with van der Waals surface area (Å²) >= 11 is 0. The van der Waals surface area contributed by atoms with Crippen molar-refractivity contribution in [1.29, 1.82) is 0 Å². The first-order valence-corrected chi connectivity index (χ1v) is 4.84. The Bertz CT molecular complexity index is 128. The van der Waals surface area contributed by atoms with E-state index in [-0.39, 0.29) is 0 Å². The van der Waals surface area contributed by atoms with Gasteiger partial charge in [0.05, 0.1) is 6.10 Å². The molecule has 1 rings (SSSR count). The van der Waals surface area contributed by atoms with Gasteiger partial charge in [0.15, 0.2) is 0 Å². The zero-order valence-corrected chi connectivity index (χ0v) is 7.88. The molecule has 0 aliphatic carbocycles. The van der Waals surface area contributed by atoms with Crippen LogP contribution in [-0.4, -0.2) is 26.3 Å². The van der Waals surface area contributed by atoms with Crippen molar-refractivity contribution in [3.05, 3.63) is 12.2 Å². The Balaban J connectivity index is 2.04. The van der Waals surface area contributed by atoms with Gasteiger partial charge in [-0.25, -0.2) is 0 Å². The summed E-state index contributed by atoms with van der Waals surface area (Å²) in [5.74, 6) is 0. The number of ether oxygens (including phenoxy) is 1. The summed E-state index contributed by atoms with van der Waals surface area (Å²) in [4.78, 5) is 0. The second-order valence-electron chi connectivity index (χ2n) is 3.25. The van der Waals surface area contributed by atoms with E-state index < -0.39 is 0 Å². The van der Waals surface area contributed by atoms with Gasteiger partial charge in [-0.1, -0.05) is 12.2 Å². The molecule has 0 radical (unpaired) electrons. The van der Waals surface area contributed by atoms with E-state index in [0.29, 0.717) is 6.10 Å². The number of rotatable bonds is 4. The van der Waals surface area contributed by atoms with Crippen LogP contribution in [0.4, 0.5) is 0 Å². The molecule has 1 N–H and O–H groups in total. The first kappa shape index (κ1) is 9.75. The monoisotopic (exact) mass is 169 g/mol. The van der Waals surface area contributed by atoms with Gasteiger partial charge in [-0.2, -0.15) is 0 Å². The van der Waals surface area contributed by atoms with E-state index in [1.807, 2.05) is 7.05 Å². The van der Waals surface area contributed by atoms with Crippen molar-refractivity contribution >= 4 is 0 Å². The summed E-state index contributed by atoms with van der Waals surface area (Å²) in [5.41, 5.74) is 0. The quantitative estimate of drug-likeness (QED) is 0.647. The van der Waals surface area contributed by atoms with Gasteiger partial charge in [0.2, 0.25) is 0 Å². The Morgan fingerprint density at radius 2 is 2.33 bits per heavy atom. The molecule has 0 aromatic heterocycles. The molecule has 1 unspecified atom stereocenters. The molecule has 1 heterocycles. The fourth-order valence-corrected chi connectivity index (χ4v) is 1.44.